The van der Waals surface area contributed by atoms with Gasteiger partial charge in [-0.05, 0) is 18.1 Å². The number of fused-ring (bicyclic) bond motifs is 1. The molecule has 3 N–H and O–H groups in total. The molecule has 1 atom stereocenters. The van der Waals surface area contributed by atoms with Crippen LogP contribution in [0.25, 0.3) is 10.9 Å². The van der Waals surface area contributed by atoms with Gasteiger partial charge in [0.25, 0.3) is 0 Å². The molecule has 0 aliphatic rings. The summed E-state index contributed by atoms with van der Waals surface area (Å²) in [5.41, 5.74) is 7.65. The fraction of sp³-hybridized carbons (Fsp3) is 0.182. The van der Waals surface area contributed by atoms with Gasteiger partial charge in [0.2, 0.25) is 6.29 Å². The molecule has 0 spiro atoms. The molecular formula is C11H11N2O. The van der Waals surface area contributed by atoms with Crippen molar-refractivity contribution in [3.05, 3.63) is 36.0 Å². The molecule has 0 amide bonds. The van der Waals surface area contributed by atoms with Crippen LogP contribution in [-0.2, 0) is 11.2 Å². The van der Waals surface area contributed by atoms with E-state index in [0.717, 1.165) is 16.5 Å². The minimum atomic E-state index is -0.533. The second-order valence-corrected chi connectivity index (χ2v) is 3.29. The van der Waals surface area contributed by atoms with E-state index in [0.29, 0.717) is 6.42 Å². The van der Waals surface area contributed by atoms with Crippen LogP contribution in [0.5, 0.6) is 0 Å². The molecule has 1 aromatic heterocycles. The van der Waals surface area contributed by atoms with E-state index < -0.39 is 6.04 Å². The Bertz CT molecular complexity index is 447. The highest BCUT2D eigenvalue weighted by atomic mass is 16.1. The molecule has 1 unspecified atom stereocenters. The molecule has 1 heterocycles. The number of aromatic amines is 1. The maximum atomic E-state index is 10.3. The van der Waals surface area contributed by atoms with Gasteiger partial charge >= 0.3 is 0 Å². The molecule has 0 aliphatic heterocycles. The molecule has 1 aromatic carbocycles. The van der Waals surface area contributed by atoms with Crippen molar-refractivity contribution >= 4 is 17.2 Å². The summed E-state index contributed by atoms with van der Waals surface area (Å²) in [5, 5.41) is 1.12. The van der Waals surface area contributed by atoms with Crippen molar-refractivity contribution in [2.75, 3.05) is 0 Å². The number of nitrogens with two attached hydrogens (primary N) is 1. The second-order valence-electron chi connectivity index (χ2n) is 3.29. The third-order valence-electron chi connectivity index (χ3n) is 2.27. The van der Waals surface area contributed by atoms with E-state index in [-0.39, 0.29) is 0 Å². The highest BCUT2D eigenvalue weighted by molar-refractivity contribution is 5.83. The number of hydrogen-bond donors (Lipinski definition) is 2. The highest BCUT2D eigenvalue weighted by Gasteiger charge is 2.07. The smallest absolute Gasteiger partial charge is 0.217 e. The summed E-state index contributed by atoms with van der Waals surface area (Å²) in [6.45, 7) is 0. The lowest BCUT2D eigenvalue weighted by molar-refractivity contribution is 0.541. The van der Waals surface area contributed by atoms with Gasteiger partial charge in [0, 0.05) is 17.1 Å². The maximum absolute atomic E-state index is 10.3. The molecule has 3 nitrogen and oxygen atoms in total. The Labute approximate surface area is 81.9 Å². The molecule has 2 aromatic rings. The van der Waals surface area contributed by atoms with E-state index in [2.05, 4.69) is 4.98 Å². The summed E-state index contributed by atoms with van der Waals surface area (Å²) in [7, 11) is 0. The van der Waals surface area contributed by atoms with E-state index in [4.69, 9.17) is 5.73 Å². The normalized spacial score (nSPS) is 12.9. The van der Waals surface area contributed by atoms with Crippen molar-refractivity contribution in [1.29, 1.82) is 0 Å². The van der Waals surface area contributed by atoms with E-state index in [9.17, 15) is 4.79 Å². The van der Waals surface area contributed by atoms with E-state index >= 15 is 0 Å². The number of para-hydroxylation sites is 1. The minimum Gasteiger partial charge on any atom is -0.361 e. The van der Waals surface area contributed by atoms with Gasteiger partial charge in [-0.25, -0.2) is 0 Å². The van der Waals surface area contributed by atoms with Crippen molar-refractivity contribution in [1.82, 2.24) is 4.98 Å². The Hall–Kier alpha value is -1.61. The number of benzene rings is 1. The first-order valence-electron chi connectivity index (χ1n) is 4.49. The number of nitrogens with one attached hydrogen (secondary N) is 1. The van der Waals surface area contributed by atoms with Crippen molar-refractivity contribution in [3.8, 4) is 0 Å². The van der Waals surface area contributed by atoms with Gasteiger partial charge in [-0.2, -0.15) is 0 Å². The molecule has 1 radical (unpaired) electrons. The Balaban J connectivity index is 2.38. The number of H-pyrrole nitrogens is 1. The largest absolute Gasteiger partial charge is 0.361 e. The molecule has 2 rings (SSSR count). The summed E-state index contributed by atoms with van der Waals surface area (Å²) >= 11 is 0. The molecule has 0 fully saturated rings. The molecule has 14 heavy (non-hydrogen) atoms. The van der Waals surface area contributed by atoms with Crippen molar-refractivity contribution < 1.29 is 4.79 Å². The summed E-state index contributed by atoms with van der Waals surface area (Å²) in [5.74, 6) is 0. The first-order valence-corrected chi connectivity index (χ1v) is 4.49. The second kappa shape index (κ2) is 3.64. The third-order valence-corrected chi connectivity index (χ3v) is 2.27. The topological polar surface area (TPSA) is 58.9 Å². The lowest BCUT2D eigenvalue weighted by atomic mass is 10.1. The van der Waals surface area contributed by atoms with Crippen LogP contribution in [0.4, 0.5) is 0 Å². The van der Waals surface area contributed by atoms with E-state index in [1.165, 1.54) is 0 Å². The van der Waals surface area contributed by atoms with Gasteiger partial charge in [-0.3, -0.25) is 4.79 Å². The van der Waals surface area contributed by atoms with Crippen molar-refractivity contribution in [3.63, 3.8) is 0 Å². The zero-order valence-electron chi connectivity index (χ0n) is 7.66. The standard InChI is InChI=1S/C11H11N2O/c12-9(7-14)5-8-6-13-11-4-2-1-3-10(8)11/h1-4,6,9,13H,5,12H2. The van der Waals surface area contributed by atoms with Crippen LogP contribution < -0.4 is 5.73 Å². The van der Waals surface area contributed by atoms with Crippen LogP contribution in [0.2, 0.25) is 0 Å². The van der Waals surface area contributed by atoms with Gasteiger partial charge in [0.1, 0.15) is 0 Å². The van der Waals surface area contributed by atoms with Crippen molar-refractivity contribution in [2.45, 2.75) is 12.5 Å². The number of rotatable bonds is 3. The van der Waals surface area contributed by atoms with Gasteiger partial charge in [-0.1, -0.05) is 18.2 Å². The molecule has 71 valence electrons. The number of aromatic nitrogens is 1. The summed E-state index contributed by atoms with van der Waals surface area (Å²) < 4.78 is 0. The first kappa shape index (κ1) is 8.97. The monoisotopic (exact) mass is 187 g/mol. The first-order chi connectivity index (χ1) is 6.81. The predicted octanol–water partition coefficient (Wildman–Crippen LogP) is 1.15. The molecule has 3 heteroatoms. The average molecular weight is 187 g/mol. The fourth-order valence-corrected chi connectivity index (χ4v) is 1.58. The van der Waals surface area contributed by atoms with E-state index in [1.807, 2.05) is 30.5 Å². The minimum absolute atomic E-state index is 0.533. The zero-order chi connectivity index (χ0) is 9.97. The Morgan fingerprint density at radius 3 is 3.00 bits per heavy atom. The van der Waals surface area contributed by atoms with Crippen LogP contribution >= 0.6 is 0 Å². The molecule has 0 bridgehead atoms. The fourth-order valence-electron chi connectivity index (χ4n) is 1.58. The SMILES string of the molecule is NC([C]=O)Cc1c[nH]c2ccccc12. The summed E-state index contributed by atoms with van der Waals surface area (Å²) in [4.78, 5) is 13.4. The predicted molar refractivity (Wildman–Crippen MR) is 55.7 cm³/mol. The lowest BCUT2D eigenvalue weighted by Gasteiger charge is -2.00. The summed E-state index contributed by atoms with van der Waals surface area (Å²) in [6.07, 6.45) is 4.21. The van der Waals surface area contributed by atoms with Gasteiger partial charge in [0.05, 0.1) is 6.04 Å². The Kier molecular flexibility index (Phi) is 2.33. The third kappa shape index (κ3) is 1.54. The Morgan fingerprint density at radius 1 is 1.43 bits per heavy atom. The average Bonchev–Trinajstić information content (AvgIpc) is 2.62. The molecular weight excluding hydrogens is 176 g/mol. The molecule has 0 saturated carbocycles. The van der Waals surface area contributed by atoms with Crippen LogP contribution in [-0.4, -0.2) is 17.3 Å². The van der Waals surface area contributed by atoms with Crippen LogP contribution in [0.3, 0.4) is 0 Å². The maximum Gasteiger partial charge on any atom is 0.217 e. The zero-order valence-corrected chi connectivity index (χ0v) is 7.66. The number of carbonyl (C=O) groups excluding carboxylic acids is 1. The lowest BCUT2D eigenvalue weighted by Crippen LogP contribution is -2.23. The summed E-state index contributed by atoms with van der Waals surface area (Å²) in [6, 6.07) is 7.41. The van der Waals surface area contributed by atoms with Crippen LogP contribution in [0, 0.1) is 0 Å². The highest BCUT2D eigenvalue weighted by Crippen LogP contribution is 2.18. The van der Waals surface area contributed by atoms with Crippen LogP contribution in [0.15, 0.2) is 30.5 Å². The van der Waals surface area contributed by atoms with Gasteiger partial charge in [0.15, 0.2) is 0 Å². The molecule has 0 aliphatic carbocycles. The van der Waals surface area contributed by atoms with Crippen LogP contribution in [0.1, 0.15) is 5.56 Å². The van der Waals surface area contributed by atoms with Gasteiger partial charge < -0.3 is 10.7 Å². The van der Waals surface area contributed by atoms with Gasteiger partial charge in [-0.15, -0.1) is 0 Å². The quantitative estimate of drug-likeness (QED) is 0.757. The number of hydrogen-bond acceptors (Lipinski definition) is 2. The Morgan fingerprint density at radius 2 is 2.21 bits per heavy atom. The van der Waals surface area contributed by atoms with Crippen molar-refractivity contribution in [2.24, 2.45) is 5.73 Å². The van der Waals surface area contributed by atoms with E-state index in [1.54, 1.807) is 6.29 Å². The molecule has 0 saturated heterocycles.